The van der Waals surface area contributed by atoms with E-state index < -0.39 is 0 Å². The van der Waals surface area contributed by atoms with E-state index in [0.29, 0.717) is 0 Å². The molecule has 1 aromatic carbocycles. The normalized spacial score (nSPS) is 17.6. The van der Waals surface area contributed by atoms with Crippen molar-refractivity contribution in [2.24, 2.45) is 0 Å². The van der Waals surface area contributed by atoms with E-state index in [1.807, 2.05) is 6.92 Å². The van der Waals surface area contributed by atoms with Crippen molar-refractivity contribution in [2.75, 3.05) is 6.61 Å². The second-order valence-corrected chi connectivity index (χ2v) is 3.96. The van der Waals surface area contributed by atoms with Gasteiger partial charge in [0.1, 0.15) is 0 Å². The number of hydrogen-bond acceptors (Lipinski definition) is 2. The van der Waals surface area contributed by atoms with Crippen LogP contribution >= 0.6 is 0 Å². The van der Waals surface area contributed by atoms with Gasteiger partial charge < -0.3 is 9.84 Å². The Morgan fingerprint density at radius 2 is 2.29 bits per heavy atom. The Morgan fingerprint density at radius 1 is 1.43 bits per heavy atom. The zero-order valence-electron chi connectivity index (χ0n) is 8.49. The topological polar surface area (TPSA) is 29.5 Å². The second-order valence-electron chi connectivity index (χ2n) is 3.96. The van der Waals surface area contributed by atoms with Gasteiger partial charge in [-0.25, -0.2) is 0 Å². The zero-order chi connectivity index (χ0) is 9.97. The van der Waals surface area contributed by atoms with E-state index in [4.69, 9.17) is 4.74 Å². The van der Waals surface area contributed by atoms with Gasteiger partial charge in [0.2, 0.25) is 0 Å². The number of aliphatic hydroxyl groups excluding tert-OH is 1. The molecule has 1 N–H and O–H groups in total. The Hall–Kier alpha value is -0.860. The SMILES string of the molecule is C[C@H](O)Cc1ccc2c(c1)CCOC2. The summed E-state index contributed by atoms with van der Waals surface area (Å²) in [6.07, 6.45) is 1.49. The molecule has 0 fully saturated rings. The fourth-order valence-corrected chi connectivity index (χ4v) is 1.89. The third-order valence-corrected chi connectivity index (χ3v) is 2.58. The van der Waals surface area contributed by atoms with E-state index in [0.717, 1.165) is 26.1 Å². The molecule has 0 amide bonds. The van der Waals surface area contributed by atoms with Crippen LogP contribution in [0.5, 0.6) is 0 Å². The average molecular weight is 192 g/mol. The van der Waals surface area contributed by atoms with Crippen molar-refractivity contribution >= 4 is 0 Å². The summed E-state index contributed by atoms with van der Waals surface area (Å²) >= 11 is 0. The average Bonchev–Trinajstić information content (AvgIpc) is 2.17. The molecule has 2 heteroatoms. The quantitative estimate of drug-likeness (QED) is 0.772. The lowest BCUT2D eigenvalue weighted by Crippen LogP contribution is -2.11. The molecule has 1 aliphatic rings. The standard InChI is InChI=1S/C12H16O2/c1-9(13)6-10-2-3-12-8-14-5-4-11(12)7-10/h2-3,7,9,13H,4-6,8H2,1H3/t9-/m0/s1. The Morgan fingerprint density at radius 3 is 3.07 bits per heavy atom. The first-order chi connectivity index (χ1) is 6.75. The van der Waals surface area contributed by atoms with Gasteiger partial charge in [-0.2, -0.15) is 0 Å². The summed E-state index contributed by atoms with van der Waals surface area (Å²) in [4.78, 5) is 0. The Labute approximate surface area is 84.5 Å². The summed E-state index contributed by atoms with van der Waals surface area (Å²) in [5, 5.41) is 9.29. The highest BCUT2D eigenvalue weighted by Crippen LogP contribution is 2.18. The fraction of sp³-hybridized carbons (Fsp3) is 0.500. The maximum absolute atomic E-state index is 9.29. The molecule has 0 aromatic heterocycles. The van der Waals surface area contributed by atoms with Crippen LogP contribution in [0.1, 0.15) is 23.6 Å². The lowest BCUT2D eigenvalue weighted by atomic mass is 9.98. The Balaban J connectivity index is 2.20. The van der Waals surface area contributed by atoms with E-state index in [2.05, 4.69) is 18.2 Å². The number of hydrogen-bond donors (Lipinski definition) is 1. The molecule has 0 spiro atoms. The van der Waals surface area contributed by atoms with Crippen molar-refractivity contribution < 1.29 is 9.84 Å². The lowest BCUT2D eigenvalue weighted by molar-refractivity contribution is 0.110. The molecule has 1 aromatic rings. The first-order valence-electron chi connectivity index (χ1n) is 5.12. The first kappa shape index (κ1) is 9.69. The van der Waals surface area contributed by atoms with Gasteiger partial charge >= 0.3 is 0 Å². The van der Waals surface area contributed by atoms with Crippen LogP contribution in [0, 0.1) is 0 Å². The number of fused-ring (bicyclic) bond motifs is 1. The largest absolute Gasteiger partial charge is 0.393 e. The van der Waals surface area contributed by atoms with Crippen molar-refractivity contribution in [3.8, 4) is 0 Å². The highest BCUT2D eigenvalue weighted by atomic mass is 16.5. The Bertz CT molecular complexity index is 318. The smallest absolute Gasteiger partial charge is 0.0719 e. The van der Waals surface area contributed by atoms with E-state index >= 15 is 0 Å². The third-order valence-electron chi connectivity index (χ3n) is 2.58. The van der Waals surface area contributed by atoms with Gasteiger partial charge in [0.15, 0.2) is 0 Å². The predicted octanol–water partition coefficient (Wildman–Crippen LogP) is 1.68. The summed E-state index contributed by atoms with van der Waals surface area (Å²) in [5.41, 5.74) is 3.90. The lowest BCUT2D eigenvalue weighted by Gasteiger charge is -2.17. The van der Waals surface area contributed by atoms with Gasteiger partial charge in [0, 0.05) is 0 Å². The summed E-state index contributed by atoms with van der Waals surface area (Å²) < 4.78 is 5.37. The number of benzene rings is 1. The molecule has 1 heterocycles. The van der Waals surface area contributed by atoms with Gasteiger partial charge in [-0.15, -0.1) is 0 Å². The Kier molecular flexibility index (Phi) is 2.85. The van der Waals surface area contributed by atoms with E-state index in [1.165, 1.54) is 16.7 Å². The molecule has 2 nitrogen and oxygen atoms in total. The molecule has 0 bridgehead atoms. The van der Waals surface area contributed by atoms with Crippen LogP contribution in [-0.4, -0.2) is 17.8 Å². The van der Waals surface area contributed by atoms with Crippen LogP contribution in [0.4, 0.5) is 0 Å². The molecule has 0 saturated heterocycles. The van der Waals surface area contributed by atoms with Crippen molar-refractivity contribution in [1.29, 1.82) is 0 Å². The summed E-state index contributed by atoms with van der Waals surface area (Å²) in [6, 6.07) is 6.40. The van der Waals surface area contributed by atoms with Crippen LogP contribution in [0.2, 0.25) is 0 Å². The molecule has 1 atom stereocenters. The van der Waals surface area contributed by atoms with Crippen LogP contribution in [0.25, 0.3) is 0 Å². The van der Waals surface area contributed by atoms with Crippen LogP contribution in [0.3, 0.4) is 0 Å². The maximum Gasteiger partial charge on any atom is 0.0719 e. The second kappa shape index (κ2) is 4.11. The fourth-order valence-electron chi connectivity index (χ4n) is 1.89. The molecule has 14 heavy (non-hydrogen) atoms. The van der Waals surface area contributed by atoms with Crippen molar-refractivity contribution in [1.82, 2.24) is 0 Å². The molecule has 0 aliphatic carbocycles. The van der Waals surface area contributed by atoms with Crippen LogP contribution in [0.15, 0.2) is 18.2 Å². The minimum Gasteiger partial charge on any atom is -0.393 e. The molecule has 0 radical (unpaired) electrons. The number of aliphatic hydroxyl groups is 1. The van der Waals surface area contributed by atoms with Gasteiger partial charge in [-0.05, 0) is 36.5 Å². The van der Waals surface area contributed by atoms with Crippen LogP contribution in [-0.2, 0) is 24.2 Å². The van der Waals surface area contributed by atoms with Gasteiger partial charge in [0.05, 0.1) is 19.3 Å². The molecule has 2 rings (SSSR count). The van der Waals surface area contributed by atoms with Gasteiger partial charge in [0.25, 0.3) is 0 Å². The molecule has 76 valence electrons. The third kappa shape index (κ3) is 2.14. The van der Waals surface area contributed by atoms with Crippen molar-refractivity contribution in [3.63, 3.8) is 0 Å². The molecular formula is C12H16O2. The monoisotopic (exact) mass is 192 g/mol. The first-order valence-corrected chi connectivity index (χ1v) is 5.12. The summed E-state index contributed by atoms with van der Waals surface area (Å²) in [6.45, 7) is 3.39. The molecule has 0 saturated carbocycles. The van der Waals surface area contributed by atoms with Crippen molar-refractivity contribution in [3.05, 3.63) is 34.9 Å². The van der Waals surface area contributed by atoms with Crippen molar-refractivity contribution in [2.45, 2.75) is 32.5 Å². The molecular weight excluding hydrogens is 176 g/mol. The zero-order valence-corrected chi connectivity index (χ0v) is 8.49. The van der Waals surface area contributed by atoms with E-state index in [1.54, 1.807) is 0 Å². The minimum absolute atomic E-state index is 0.257. The van der Waals surface area contributed by atoms with Gasteiger partial charge in [-0.1, -0.05) is 18.2 Å². The van der Waals surface area contributed by atoms with E-state index in [9.17, 15) is 5.11 Å². The predicted molar refractivity (Wildman–Crippen MR) is 55.2 cm³/mol. The van der Waals surface area contributed by atoms with E-state index in [-0.39, 0.29) is 6.10 Å². The van der Waals surface area contributed by atoms with Crippen LogP contribution < -0.4 is 0 Å². The highest BCUT2D eigenvalue weighted by Gasteiger charge is 2.10. The highest BCUT2D eigenvalue weighted by molar-refractivity contribution is 5.33. The molecule has 1 aliphatic heterocycles. The maximum atomic E-state index is 9.29. The number of ether oxygens (including phenoxy) is 1. The molecule has 0 unspecified atom stereocenters. The van der Waals surface area contributed by atoms with Gasteiger partial charge in [-0.3, -0.25) is 0 Å². The minimum atomic E-state index is -0.257. The number of rotatable bonds is 2. The summed E-state index contributed by atoms with van der Waals surface area (Å²) in [5.74, 6) is 0. The summed E-state index contributed by atoms with van der Waals surface area (Å²) in [7, 11) is 0.